The van der Waals surface area contributed by atoms with Crippen LogP contribution in [0.5, 0.6) is 5.75 Å². The molecule has 0 atom stereocenters. The highest BCUT2D eigenvalue weighted by Gasteiger charge is 2.12. The monoisotopic (exact) mass is 320 g/mol. The van der Waals surface area contributed by atoms with Crippen molar-refractivity contribution in [3.63, 3.8) is 0 Å². The number of nitrogens with zero attached hydrogens (tertiary/aromatic N) is 2. The molecule has 2 rings (SSSR count). The van der Waals surface area contributed by atoms with E-state index >= 15 is 0 Å². The molecule has 0 aliphatic heterocycles. The highest BCUT2D eigenvalue weighted by molar-refractivity contribution is 9.10. The van der Waals surface area contributed by atoms with E-state index in [2.05, 4.69) is 20.9 Å². The summed E-state index contributed by atoms with van der Waals surface area (Å²) in [6.07, 6.45) is 2.42. The summed E-state index contributed by atoms with van der Waals surface area (Å²) in [5.41, 5.74) is 0. The fraction of sp³-hybridized carbons (Fsp3) is 0.182. The van der Waals surface area contributed by atoms with Gasteiger partial charge in [0.15, 0.2) is 5.82 Å². The van der Waals surface area contributed by atoms with Gasteiger partial charge < -0.3 is 4.74 Å². The number of hydrogen-bond acceptors (Lipinski definition) is 2. The molecule has 0 N–H and O–H groups in total. The summed E-state index contributed by atoms with van der Waals surface area (Å²) in [5.74, 6) is -0.155. The number of aromatic nitrogens is 2. The molecule has 18 heavy (non-hydrogen) atoms. The molecule has 1 aromatic heterocycles. The van der Waals surface area contributed by atoms with Crippen molar-refractivity contribution in [2.75, 3.05) is 0 Å². The van der Waals surface area contributed by atoms with Gasteiger partial charge in [-0.3, -0.25) is 4.57 Å². The smallest absolute Gasteiger partial charge is 0.320 e. The van der Waals surface area contributed by atoms with Crippen LogP contribution in [-0.4, -0.2) is 9.55 Å². The van der Waals surface area contributed by atoms with E-state index < -0.39 is 12.4 Å². The Morgan fingerprint density at radius 2 is 2.17 bits per heavy atom. The van der Waals surface area contributed by atoms with E-state index in [1.54, 1.807) is 0 Å². The third-order valence-electron chi connectivity index (χ3n) is 2.22. The number of alkyl halides is 2. The standard InChI is InChI=1S/C11H8BrF3N2O/c12-8-2-1-7(5-9(8)13)18-6-10-16-3-4-17(10)11(14)15/h1-5,11H,6H2. The zero-order valence-electron chi connectivity index (χ0n) is 8.99. The third-order valence-corrected chi connectivity index (χ3v) is 2.86. The van der Waals surface area contributed by atoms with Crippen LogP contribution in [0.3, 0.4) is 0 Å². The van der Waals surface area contributed by atoms with Gasteiger partial charge in [-0.2, -0.15) is 8.78 Å². The van der Waals surface area contributed by atoms with Crippen molar-refractivity contribution in [2.45, 2.75) is 13.2 Å². The second-order valence-corrected chi connectivity index (χ2v) is 4.25. The molecule has 3 nitrogen and oxygen atoms in total. The molecule has 0 bridgehead atoms. The van der Waals surface area contributed by atoms with Crippen molar-refractivity contribution in [3.05, 3.63) is 46.7 Å². The van der Waals surface area contributed by atoms with Crippen LogP contribution in [0.2, 0.25) is 0 Å². The maximum Gasteiger partial charge on any atom is 0.320 e. The topological polar surface area (TPSA) is 27.1 Å². The summed E-state index contributed by atoms with van der Waals surface area (Å²) in [6, 6.07) is 4.17. The minimum absolute atomic E-state index is 0.0772. The summed E-state index contributed by atoms with van der Waals surface area (Å²) in [7, 11) is 0. The van der Waals surface area contributed by atoms with Gasteiger partial charge in [0.2, 0.25) is 0 Å². The molecule has 96 valence electrons. The number of benzene rings is 1. The van der Waals surface area contributed by atoms with Crippen molar-refractivity contribution in [1.29, 1.82) is 0 Å². The molecule has 0 saturated heterocycles. The van der Waals surface area contributed by atoms with Gasteiger partial charge in [0.1, 0.15) is 18.2 Å². The van der Waals surface area contributed by atoms with E-state index in [9.17, 15) is 13.2 Å². The molecule has 7 heteroatoms. The summed E-state index contributed by atoms with van der Waals surface area (Å²) < 4.78 is 44.4. The SMILES string of the molecule is Fc1cc(OCc2nccn2C(F)F)ccc1Br. The van der Waals surface area contributed by atoms with E-state index in [4.69, 9.17) is 4.74 Å². The quantitative estimate of drug-likeness (QED) is 0.857. The lowest BCUT2D eigenvalue weighted by atomic mass is 10.3. The predicted octanol–water partition coefficient (Wildman–Crippen LogP) is 3.76. The van der Waals surface area contributed by atoms with Gasteiger partial charge in [-0.1, -0.05) is 0 Å². The minimum atomic E-state index is -2.67. The van der Waals surface area contributed by atoms with Gasteiger partial charge in [-0.25, -0.2) is 9.37 Å². The maximum absolute atomic E-state index is 13.2. The van der Waals surface area contributed by atoms with Gasteiger partial charge >= 0.3 is 6.55 Å². The molecule has 0 saturated carbocycles. The van der Waals surface area contributed by atoms with Crippen LogP contribution in [0.25, 0.3) is 0 Å². The van der Waals surface area contributed by atoms with Crippen molar-refractivity contribution >= 4 is 15.9 Å². The largest absolute Gasteiger partial charge is 0.486 e. The first-order chi connectivity index (χ1) is 8.58. The van der Waals surface area contributed by atoms with Crippen LogP contribution in [0.15, 0.2) is 35.1 Å². The fourth-order valence-electron chi connectivity index (χ4n) is 1.35. The van der Waals surface area contributed by atoms with Crippen LogP contribution in [0.1, 0.15) is 12.4 Å². The van der Waals surface area contributed by atoms with Crippen LogP contribution in [0.4, 0.5) is 13.2 Å². The Morgan fingerprint density at radius 3 is 2.83 bits per heavy atom. The predicted molar refractivity (Wildman–Crippen MR) is 61.9 cm³/mol. The number of imidazole rings is 1. The number of hydrogen-bond donors (Lipinski definition) is 0. The summed E-state index contributed by atoms with van der Waals surface area (Å²) in [6.45, 7) is -2.83. The summed E-state index contributed by atoms with van der Waals surface area (Å²) >= 11 is 3.00. The molecule has 0 fully saturated rings. The molecular formula is C11H8BrF3N2O. The number of ether oxygens (including phenoxy) is 1. The van der Waals surface area contributed by atoms with Crippen molar-refractivity contribution in [2.24, 2.45) is 0 Å². The van der Waals surface area contributed by atoms with E-state index in [1.165, 1.54) is 24.4 Å². The summed E-state index contributed by atoms with van der Waals surface area (Å²) in [5, 5.41) is 0. The first-order valence-electron chi connectivity index (χ1n) is 4.95. The Bertz CT molecular complexity index is 545. The van der Waals surface area contributed by atoms with Crippen molar-refractivity contribution in [3.8, 4) is 5.75 Å². The second kappa shape index (κ2) is 5.43. The average Bonchev–Trinajstić information content (AvgIpc) is 2.79. The number of halogens is 4. The molecule has 0 amide bonds. The lowest BCUT2D eigenvalue weighted by Gasteiger charge is -2.08. The molecule has 2 aromatic rings. The van der Waals surface area contributed by atoms with Crippen molar-refractivity contribution < 1.29 is 17.9 Å². The molecule has 0 radical (unpaired) electrons. The molecule has 0 aliphatic carbocycles. The first-order valence-corrected chi connectivity index (χ1v) is 5.75. The Labute approximate surface area is 109 Å². The lowest BCUT2D eigenvalue weighted by molar-refractivity contribution is 0.0632. The summed E-state index contributed by atoms with van der Waals surface area (Å²) in [4.78, 5) is 3.75. The number of rotatable bonds is 4. The molecule has 1 heterocycles. The van der Waals surface area contributed by atoms with Crippen LogP contribution >= 0.6 is 15.9 Å². The van der Waals surface area contributed by atoms with Gasteiger partial charge in [-0.05, 0) is 28.1 Å². The van der Waals surface area contributed by atoms with Gasteiger partial charge in [-0.15, -0.1) is 0 Å². The highest BCUT2D eigenvalue weighted by atomic mass is 79.9. The van der Waals surface area contributed by atoms with Crippen molar-refractivity contribution in [1.82, 2.24) is 9.55 Å². The van der Waals surface area contributed by atoms with Gasteiger partial charge in [0.25, 0.3) is 0 Å². The molecule has 0 aliphatic rings. The molecule has 0 spiro atoms. The van der Waals surface area contributed by atoms with E-state index in [0.29, 0.717) is 9.04 Å². The van der Waals surface area contributed by atoms with E-state index in [1.807, 2.05) is 0 Å². The third kappa shape index (κ3) is 2.84. The van der Waals surface area contributed by atoms with Crippen LogP contribution in [-0.2, 0) is 6.61 Å². The Kier molecular flexibility index (Phi) is 3.90. The Balaban J connectivity index is 2.07. The highest BCUT2D eigenvalue weighted by Crippen LogP contribution is 2.22. The minimum Gasteiger partial charge on any atom is -0.486 e. The first kappa shape index (κ1) is 12.9. The normalized spacial score (nSPS) is 10.9. The maximum atomic E-state index is 13.2. The van der Waals surface area contributed by atoms with Gasteiger partial charge in [0, 0.05) is 18.5 Å². The lowest BCUT2D eigenvalue weighted by Crippen LogP contribution is -2.07. The molecule has 1 aromatic carbocycles. The van der Waals surface area contributed by atoms with Crippen LogP contribution in [0, 0.1) is 5.82 Å². The molecular weight excluding hydrogens is 313 g/mol. The van der Waals surface area contributed by atoms with Gasteiger partial charge in [0.05, 0.1) is 4.47 Å². The van der Waals surface area contributed by atoms with E-state index in [-0.39, 0.29) is 18.2 Å². The zero-order valence-corrected chi connectivity index (χ0v) is 10.6. The fourth-order valence-corrected chi connectivity index (χ4v) is 1.59. The Hall–Kier alpha value is -1.50. The average molecular weight is 321 g/mol. The molecule has 0 unspecified atom stereocenters. The van der Waals surface area contributed by atoms with Crippen LogP contribution < -0.4 is 4.74 Å². The van der Waals surface area contributed by atoms with E-state index in [0.717, 1.165) is 6.20 Å². The second-order valence-electron chi connectivity index (χ2n) is 3.39. The Morgan fingerprint density at radius 1 is 1.39 bits per heavy atom. The zero-order chi connectivity index (χ0) is 13.1.